The zero-order valence-electron chi connectivity index (χ0n) is 10.5. The first-order chi connectivity index (χ1) is 7.95. The molecule has 0 aliphatic carbocycles. The second-order valence-electron chi connectivity index (χ2n) is 3.72. The summed E-state index contributed by atoms with van der Waals surface area (Å²) in [6, 6.07) is 0. The molecule has 0 bridgehead atoms. The van der Waals surface area contributed by atoms with Crippen LogP contribution in [0.4, 0.5) is 0 Å². The molecular weight excluding hydrogens is 260 g/mol. The van der Waals surface area contributed by atoms with Crippen LogP contribution < -0.4 is 10.6 Å². The summed E-state index contributed by atoms with van der Waals surface area (Å²) in [6.07, 6.45) is 2.70. The average Bonchev–Trinajstić information content (AvgIpc) is 2.23. The van der Waals surface area contributed by atoms with Crippen LogP contribution in [0.3, 0.4) is 0 Å². The van der Waals surface area contributed by atoms with Crippen molar-refractivity contribution < 1.29 is 13.2 Å². The van der Waals surface area contributed by atoms with Gasteiger partial charge in [-0.2, -0.15) is 0 Å². The van der Waals surface area contributed by atoms with Crippen molar-refractivity contribution in [3.63, 3.8) is 0 Å². The van der Waals surface area contributed by atoms with E-state index in [1.807, 2.05) is 6.92 Å². The van der Waals surface area contributed by atoms with E-state index in [0.29, 0.717) is 18.1 Å². The van der Waals surface area contributed by atoms with Gasteiger partial charge in [0.1, 0.15) is 9.84 Å². The van der Waals surface area contributed by atoms with Gasteiger partial charge in [-0.05, 0) is 32.0 Å². The second kappa shape index (κ2) is 9.61. The lowest BCUT2D eigenvalue weighted by atomic mass is 10.4. The van der Waals surface area contributed by atoms with Gasteiger partial charge in [-0.1, -0.05) is 0 Å². The lowest BCUT2D eigenvalue weighted by Gasteiger charge is -2.09. The molecule has 0 aromatic heterocycles. The molecule has 0 spiro atoms. The Morgan fingerprint density at radius 3 is 2.35 bits per heavy atom. The Balaban J connectivity index is 3.35. The molecule has 0 unspecified atom stereocenters. The fourth-order valence-electron chi connectivity index (χ4n) is 1.12. The lowest BCUT2D eigenvalue weighted by Crippen LogP contribution is -2.37. The van der Waals surface area contributed by atoms with Gasteiger partial charge in [-0.25, -0.2) is 8.42 Å². The minimum Gasteiger partial charge on any atom is -0.382 e. The monoisotopic (exact) mass is 282 g/mol. The van der Waals surface area contributed by atoms with Crippen LogP contribution in [-0.2, 0) is 14.6 Å². The largest absolute Gasteiger partial charge is 0.382 e. The fraction of sp³-hybridized carbons (Fsp3) is 0.900. The Morgan fingerprint density at radius 1 is 1.24 bits per heavy atom. The van der Waals surface area contributed by atoms with E-state index in [2.05, 4.69) is 10.6 Å². The van der Waals surface area contributed by atoms with Crippen molar-refractivity contribution in [2.75, 3.05) is 38.3 Å². The van der Waals surface area contributed by atoms with Gasteiger partial charge >= 0.3 is 0 Å². The molecule has 0 amide bonds. The SMILES string of the molecule is CCOCCCNC(=S)NCCCS(C)(=O)=O. The zero-order valence-corrected chi connectivity index (χ0v) is 12.1. The van der Waals surface area contributed by atoms with Gasteiger partial charge in [0.05, 0.1) is 5.75 Å². The molecule has 2 N–H and O–H groups in total. The van der Waals surface area contributed by atoms with Crippen molar-refractivity contribution in [2.24, 2.45) is 0 Å². The third kappa shape index (κ3) is 13.5. The van der Waals surface area contributed by atoms with Crippen molar-refractivity contribution in [1.29, 1.82) is 0 Å². The standard InChI is InChI=1S/C10H22N2O3S2/c1-3-15-8-4-6-11-10(16)12-7-5-9-17(2,13)14/h3-9H2,1-2H3,(H2,11,12,16). The van der Waals surface area contributed by atoms with Gasteiger partial charge in [-0.3, -0.25) is 0 Å². The summed E-state index contributed by atoms with van der Waals surface area (Å²) in [7, 11) is -2.87. The van der Waals surface area contributed by atoms with Crippen LogP contribution in [0, 0.1) is 0 Å². The van der Waals surface area contributed by atoms with Gasteiger partial charge in [0.2, 0.25) is 0 Å². The molecule has 0 aromatic carbocycles. The number of hydrogen-bond acceptors (Lipinski definition) is 4. The molecule has 7 heteroatoms. The molecular formula is C10H22N2O3S2. The Morgan fingerprint density at radius 2 is 1.82 bits per heavy atom. The van der Waals surface area contributed by atoms with E-state index in [4.69, 9.17) is 17.0 Å². The molecule has 0 saturated heterocycles. The first kappa shape index (κ1) is 16.6. The molecule has 0 aliphatic heterocycles. The second-order valence-corrected chi connectivity index (χ2v) is 6.38. The minimum absolute atomic E-state index is 0.187. The molecule has 0 fully saturated rings. The van der Waals surface area contributed by atoms with Crippen molar-refractivity contribution in [3.05, 3.63) is 0 Å². The van der Waals surface area contributed by atoms with E-state index >= 15 is 0 Å². The number of sulfone groups is 1. The van der Waals surface area contributed by atoms with Gasteiger partial charge in [0, 0.05) is 32.6 Å². The van der Waals surface area contributed by atoms with E-state index in [1.165, 1.54) is 6.26 Å². The summed E-state index contributed by atoms with van der Waals surface area (Å²) in [5, 5.41) is 6.56. The van der Waals surface area contributed by atoms with E-state index in [9.17, 15) is 8.42 Å². The molecule has 17 heavy (non-hydrogen) atoms. The Hall–Kier alpha value is -0.400. The molecule has 0 atom stereocenters. The smallest absolute Gasteiger partial charge is 0.166 e. The number of ether oxygens (including phenoxy) is 1. The highest BCUT2D eigenvalue weighted by molar-refractivity contribution is 7.90. The van der Waals surface area contributed by atoms with Crippen LogP contribution in [0.15, 0.2) is 0 Å². The van der Waals surface area contributed by atoms with Crippen LogP contribution in [0.1, 0.15) is 19.8 Å². The molecule has 5 nitrogen and oxygen atoms in total. The summed E-state index contributed by atoms with van der Waals surface area (Å²) in [6.45, 7) is 4.75. The third-order valence-electron chi connectivity index (χ3n) is 1.93. The van der Waals surface area contributed by atoms with Gasteiger partial charge in [-0.15, -0.1) is 0 Å². The summed E-state index contributed by atoms with van der Waals surface area (Å²) >= 11 is 5.03. The van der Waals surface area contributed by atoms with Crippen LogP contribution in [0.5, 0.6) is 0 Å². The maximum atomic E-state index is 10.9. The number of thiocarbonyl (C=S) groups is 1. The highest BCUT2D eigenvalue weighted by Gasteiger charge is 2.01. The first-order valence-electron chi connectivity index (χ1n) is 5.73. The Kier molecular flexibility index (Phi) is 9.39. The van der Waals surface area contributed by atoms with Gasteiger partial charge in [0.25, 0.3) is 0 Å². The summed E-state index contributed by atoms with van der Waals surface area (Å²) in [4.78, 5) is 0. The molecule has 0 radical (unpaired) electrons. The molecule has 102 valence electrons. The van der Waals surface area contributed by atoms with E-state index in [1.54, 1.807) is 0 Å². The number of nitrogens with one attached hydrogen (secondary N) is 2. The van der Waals surface area contributed by atoms with Crippen LogP contribution in [0.2, 0.25) is 0 Å². The molecule has 0 aliphatic rings. The van der Waals surface area contributed by atoms with Crippen molar-refractivity contribution in [3.8, 4) is 0 Å². The maximum absolute atomic E-state index is 10.9. The zero-order chi connectivity index (χ0) is 13.1. The summed E-state index contributed by atoms with van der Waals surface area (Å²) in [5.41, 5.74) is 0. The summed E-state index contributed by atoms with van der Waals surface area (Å²) in [5.74, 6) is 0.187. The molecule has 0 heterocycles. The maximum Gasteiger partial charge on any atom is 0.166 e. The fourth-order valence-corrected chi connectivity index (χ4v) is 1.99. The van der Waals surface area contributed by atoms with Crippen LogP contribution in [-0.4, -0.2) is 51.8 Å². The van der Waals surface area contributed by atoms with Crippen LogP contribution >= 0.6 is 12.2 Å². The number of hydrogen-bond donors (Lipinski definition) is 2. The minimum atomic E-state index is -2.87. The predicted molar refractivity (Wildman–Crippen MR) is 74.0 cm³/mol. The normalized spacial score (nSPS) is 11.2. The quantitative estimate of drug-likeness (QED) is 0.469. The topological polar surface area (TPSA) is 67.4 Å². The van der Waals surface area contributed by atoms with Crippen molar-refractivity contribution >= 4 is 27.2 Å². The molecule has 0 aromatic rings. The van der Waals surface area contributed by atoms with E-state index in [0.717, 1.165) is 26.2 Å². The number of rotatable bonds is 9. The molecule has 0 saturated carbocycles. The first-order valence-corrected chi connectivity index (χ1v) is 8.19. The Bertz CT molecular complexity index is 305. The Labute approximate surface area is 109 Å². The predicted octanol–water partition coefficient (Wildman–Crippen LogP) is 0.312. The summed E-state index contributed by atoms with van der Waals surface area (Å²) < 4.78 is 26.9. The van der Waals surface area contributed by atoms with Crippen molar-refractivity contribution in [1.82, 2.24) is 10.6 Å². The third-order valence-corrected chi connectivity index (χ3v) is 3.25. The highest BCUT2D eigenvalue weighted by atomic mass is 32.2. The average molecular weight is 282 g/mol. The van der Waals surface area contributed by atoms with Crippen LogP contribution in [0.25, 0.3) is 0 Å². The van der Waals surface area contributed by atoms with Gasteiger partial charge in [0.15, 0.2) is 5.11 Å². The highest BCUT2D eigenvalue weighted by Crippen LogP contribution is 1.87. The lowest BCUT2D eigenvalue weighted by molar-refractivity contribution is 0.145. The molecule has 0 rings (SSSR count). The van der Waals surface area contributed by atoms with E-state index in [-0.39, 0.29) is 5.75 Å². The van der Waals surface area contributed by atoms with Crippen molar-refractivity contribution in [2.45, 2.75) is 19.8 Å². The van der Waals surface area contributed by atoms with Gasteiger partial charge < -0.3 is 15.4 Å². The van der Waals surface area contributed by atoms with E-state index < -0.39 is 9.84 Å².